The highest BCUT2D eigenvalue weighted by atomic mass is 32.1. The third kappa shape index (κ3) is 3.81. The van der Waals surface area contributed by atoms with Crippen LogP contribution in [0.1, 0.15) is 44.9 Å². The number of rotatable bonds is 4. The summed E-state index contributed by atoms with van der Waals surface area (Å²) in [5.74, 6) is 1.28. The monoisotopic (exact) mass is 391 g/mol. The van der Waals surface area contributed by atoms with E-state index >= 15 is 0 Å². The third-order valence-corrected chi connectivity index (χ3v) is 6.56. The molecule has 1 aromatic carbocycles. The van der Waals surface area contributed by atoms with Crippen LogP contribution in [0.2, 0.25) is 0 Å². The molecule has 0 radical (unpaired) electrons. The summed E-state index contributed by atoms with van der Waals surface area (Å²) >= 11 is 5.16. The number of carbonyl (C=O) groups is 1. The zero-order valence-electron chi connectivity index (χ0n) is 14.9. The molecule has 8 heteroatoms. The normalized spacial score (nSPS) is 30.8. The van der Waals surface area contributed by atoms with Gasteiger partial charge in [-0.3, -0.25) is 14.9 Å². The van der Waals surface area contributed by atoms with E-state index < -0.39 is 16.4 Å². The van der Waals surface area contributed by atoms with E-state index in [1.54, 1.807) is 0 Å². The first-order valence-corrected chi connectivity index (χ1v) is 9.77. The van der Waals surface area contributed by atoms with E-state index in [2.05, 4.69) is 10.6 Å². The highest BCUT2D eigenvalue weighted by molar-refractivity contribution is 7.80. The molecule has 0 spiro atoms. The molecule has 144 valence electrons. The maximum Gasteiger partial charge on any atom is 0.306 e. The van der Waals surface area contributed by atoms with Crippen LogP contribution in [0.3, 0.4) is 0 Å². The number of thiocarbonyl (C=S) groups is 1. The summed E-state index contributed by atoms with van der Waals surface area (Å²) in [6, 6.07) is 3.41. The molecule has 5 rings (SSSR count). The van der Waals surface area contributed by atoms with Crippen molar-refractivity contribution >= 4 is 34.6 Å². The van der Waals surface area contributed by atoms with Crippen molar-refractivity contribution in [1.82, 2.24) is 5.32 Å². The molecule has 1 aromatic rings. The molecule has 0 aliphatic heterocycles. The Labute approximate surface area is 162 Å². The molecule has 6 nitrogen and oxygen atoms in total. The number of hydrogen-bond acceptors (Lipinski definition) is 4. The van der Waals surface area contributed by atoms with Gasteiger partial charge in [0, 0.05) is 18.2 Å². The number of carbonyl (C=O) groups excluding carboxylic acids is 1. The predicted octanol–water partition coefficient (Wildman–Crippen LogP) is 4.15. The van der Waals surface area contributed by atoms with Gasteiger partial charge in [0.2, 0.25) is 11.7 Å². The zero-order valence-corrected chi connectivity index (χ0v) is 15.7. The van der Waals surface area contributed by atoms with E-state index in [0.717, 1.165) is 49.1 Å². The van der Waals surface area contributed by atoms with Crippen LogP contribution in [0.15, 0.2) is 18.2 Å². The number of nitro benzene ring substituents is 1. The number of benzene rings is 1. The van der Waals surface area contributed by atoms with Crippen LogP contribution in [-0.4, -0.2) is 15.9 Å². The Kier molecular flexibility index (Phi) is 4.61. The highest BCUT2D eigenvalue weighted by Gasteiger charge is 2.51. The molecule has 4 aliphatic rings. The SMILES string of the molecule is O=C(CC12CC3CC(CC(C3)C1)C2)NC(=S)Nc1ccc(F)c([N+](=O)[O-])c1. The third-order valence-electron chi connectivity index (χ3n) is 6.35. The molecule has 0 saturated heterocycles. The van der Waals surface area contributed by atoms with Gasteiger partial charge in [0.1, 0.15) is 0 Å². The molecule has 27 heavy (non-hydrogen) atoms. The standard InChI is InChI=1S/C19H22FN3O3S/c20-15-2-1-14(6-16(15)23(25)26)21-18(27)22-17(24)10-19-7-11-3-12(8-19)5-13(4-11)9-19/h1-2,6,11-13H,3-5,7-10H2,(H2,21,22,24,27). The van der Waals surface area contributed by atoms with Crippen molar-refractivity contribution in [1.29, 1.82) is 0 Å². The fourth-order valence-corrected chi connectivity index (χ4v) is 6.14. The number of nitrogens with one attached hydrogen (secondary N) is 2. The van der Waals surface area contributed by atoms with Crippen LogP contribution in [0.25, 0.3) is 0 Å². The zero-order chi connectivity index (χ0) is 19.2. The van der Waals surface area contributed by atoms with E-state index in [4.69, 9.17) is 12.2 Å². The van der Waals surface area contributed by atoms with Crippen molar-refractivity contribution in [2.45, 2.75) is 44.9 Å². The van der Waals surface area contributed by atoms with Crippen molar-refractivity contribution in [2.24, 2.45) is 23.2 Å². The van der Waals surface area contributed by atoms with E-state index in [0.29, 0.717) is 6.42 Å². The second kappa shape index (κ2) is 6.82. The van der Waals surface area contributed by atoms with Gasteiger partial charge < -0.3 is 10.6 Å². The van der Waals surface area contributed by atoms with Gasteiger partial charge in [0.15, 0.2) is 5.11 Å². The lowest BCUT2D eigenvalue weighted by Gasteiger charge is -2.56. The van der Waals surface area contributed by atoms with Crippen molar-refractivity contribution in [2.75, 3.05) is 5.32 Å². The van der Waals surface area contributed by atoms with Gasteiger partial charge in [0.25, 0.3) is 0 Å². The van der Waals surface area contributed by atoms with Crippen molar-refractivity contribution in [3.8, 4) is 0 Å². The molecular weight excluding hydrogens is 369 g/mol. The summed E-state index contributed by atoms with van der Waals surface area (Å²) in [4.78, 5) is 22.6. The van der Waals surface area contributed by atoms with E-state index in [-0.39, 0.29) is 22.1 Å². The molecule has 0 atom stereocenters. The lowest BCUT2D eigenvalue weighted by Crippen LogP contribution is -2.48. The fourth-order valence-electron chi connectivity index (χ4n) is 5.91. The van der Waals surface area contributed by atoms with Gasteiger partial charge in [-0.05, 0) is 86.0 Å². The molecule has 0 unspecified atom stereocenters. The first-order chi connectivity index (χ1) is 12.8. The van der Waals surface area contributed by atoms with Gasteiger partial charge in [-0.1, -0.05) is 0 Å². The Bertz CT molecular complexity index is 778. The Morgan fingerprint density at radius 2 is 1.81 bits per heavy atom. The summed E-state index contributed by atoms with van der Waals surface area (Å²) in [5, 5.41) is 16.3. The summed E-state index contributed by atoms with van der Waals surface area (Å²) in [6.45, 7) is 0. The van der Waals surface area contributed by atoms with E-state index in [1.807, 2.05) is 0 Å². The summed E-state index contributed by atoms with van der Waals surface area (Å²) in [5.41, 5.74) is -0.255. The second-order valence-electron chi connectivity index (χ2n) is 8.52. The lowest BCUT2D eigenvalue weighted by atomic mass is 9.49. The summed E-state index contributed by atoms with van der Waals surface area (Å²) < 4.78 is 13.4. The molecule has 1 amide bonds. The van der Waals surface area contributed by atoms with Gasteiger partial charge >= 0.3 is 5.69 Å². The Balaban J connectivity index is 1.35. The minimum absolute atomic E-state index is 0.0747. The number of nitrogens with zero attached hydrogens (tertiary/aromatic N) is 1. The van der Waals surface area contributed by atoms with Crippen LogP contribution in [0.4, 0.5) is 15.8 Å². The molecule has 4 fully saturated rings. The number of anilines is 1. The number of amides is 1. The van der Waals surface area contributed by atoms with Crippen molar-refractivity contribution in [3.05, 3.63) is 34.1 Å². The molecule has 2 N–H and O–H groups in total. The second-order valence-corrected chi connectivity index (χ2v) is 8.93. The largest absolute Gasteiger partial charge is 0.332 e. The topological polar surface area (TPSA) is 84.3 Å². The predicted molar refractivity (Wildman–Crippen MR) is 103 cm³/mol. The van der Waals surface area contributed by atoms with Crippen LogP contribution in [0, 0.1) is 39.1 Å². The minimum atomic E-state index is -0.915. The highest BCUT2D eigenvalue weighted by Crippen LogP contribution is 2.61. The molecule has 0 heterocycles. The van der Waals surface area contributed by atoms with Gasteiger partial charge in [-0.2, -0.15) is 4.39 Å². The maximum absolute atomic E-state index is 13.4. The Morgan fingerprint density at radius 3 is 2.37 bits per heavy atom. The first kappa shape index (κ1) is 18.3. The fraction of sp³-hybridized carbons (Fsp3) is 0.579. The van der Waals surface area contributed by atoms with Crippen molar-refractivity contribution < 1.29 is 14.1 Å². The van der Waals surface area contributed by atoms with Crippen molar-refractivity contribution in [3.63, 3.8) is 0 Å². The molecule has 0 aromatic heterocycles. The first-order valence-electron chi connectivity index (χ1n) is 9.37. The van der Waals surface area contributed by atoms with E-state index in [9.17, 15) is 19.3 Å². The summed E-state index contributed by atoms with van der Waals surface area (Å²) in [6.07, 6.45) is 7.85. The molecule has 4 aliphatic carbocycles. The van der Waals surface area contributed by atoms with Gasteiger partial charge in [-0.25, -0.2) is 0 Å². The Hall–Kier alpha value is -2.09. The van der Waals surface area contributed by atoms with Crippen LogP contribution in [0.5, 0.6) is 0 Å². The number of hydrogen-bond donors (Lipinski definition) is 2. The summed E-state index contributed by atoms with van der Waals surface area (Å²) in [7, 11) is 0. The van der Waals surface area contributed by atoms with Gasteiger partial charge in [0.05, 0.1) is 4.92 Å². The number of nitro groups is 1. The molecule has 4 bridgehead atoms. The quantitative estimate of drug-likeness (QED) is 0.457. The van der Waals surface area contributed by atoms with Crippen LogP contribution in [-0.2, 0) is 4.79 Å². The average Bonchev–Trinajstić information content (AvgIpc) is 2.54. The van der Waals surface area contributed by atoms with Crippen LogP contribution >= 0.6 is 12.2 Å². The average molecular weight is 391 g/mol. The molecule has 4 saturated carbocycles. The smallest absolute Gasteiger partial charge is 0.306 e. The minimum Gasteiger partial charge on any atom is -0.332 e. The van der Waals surface area contributed by atoms with Crippen LogP contribution < -0.4 is 10.6 Å². The van der Waals surface area contributed by atoms with Gasteiger partial charge in [-0.15, -0.1) is 0 Å². The Morgan fingerprint density at radius 1 is 1.22 bits per heavy atom. The maximum atomic E-state index is 13.4. The van der Waals surface area contributed by atoms with E-state index in [1.165, 1.54) is 25.3 Å². The lowest BCUT2D eigenvalue weighted by molar-refractivity contribution is -0.387. The molecular formula is C19H22FN3O3S. The number of halogens is 1.